The minimum Gasteiger partial charge on any atom is -0.478 e. The van der Waals surface area contributed by atoms with Gasteiger partial charge in [-0.25, -0.2) is 14.4 Å². The Balaban J connectivity index is -0.0000000780. The van der Waals surface area contributed by atoms with E-state index < -0.39 is 30.1 Å². The van der Waals surface area contributed by atoms with Crippen LogP contribution in [0.5, 0.6) is 0 Å². The average molecular weight is 545 g/mol. The van der Waals surface area contributed by atoms with Gasteiger partial charge in [-0.2, -0.15) is 0 Å². The number of aliphatic hydroxyl groups is 6. The summed E-state index contributed by atoms with van der Waals surface area (Å²) >= 11 is 0. The van der Waals surface area contributed by atoms with Crippen LogP contribution in [-0.4, -0.2) is 116 Å². The standard InChI is InChI=1S/C6H14O.3C4H6O2.2C3H8O3/c1-3-5-7-6-4-2;3*1-3(2)4(5)6;2*4-1-3(6)2-5/h3-6H2,1-2H3;3*1H2,2H3,(H,5,6);2*3-6H,1-2H2. The van der Waals surface area contributed by atoms with Gasteiger partial charge in [-0.1, -0.05) is 33.6 Å². The van der Waals surface area contributed by atoms with Crippen molar-refractivity contribution < 1.29 is 65.1 Å². The van der Waals surface area contributed by atoms with E-state index in [0.717, 1.165) is 26.1 Å². The Hall–Kier alpha value is -2.65. The summed E-state index contributed by atoms with van der Waals surface area (Å²) in [6.07, 6.45) is 0.370. The highest BCUT2D eigenvalue weighted by molar-refractivity contribution is 5.85. The smallest absolute Gasteiger partial charge is 0.330 e. The first kappa shape index (κ1) is 47.5. The van der Waals surface area contributed by atoms with Crippen molar-refractivity contribution in [1.82, 2.24) is 0 Å². The summed E-state index contributed by atoms with van der Waals surface area (Å²) in [7, 11) is 0. The summed E-state index contributed by atoms with van der Waals surface area (Å²) in [5.74, 6) is -2.81. The van der Waals surface area contributed by atoms with Gasteiger partial charge >= 0.3 is 17.9 Å². The van der Waals surface area contributed by atoms with Crippen molar-refractivity contribution in [3.05, 3.63) is 36.5 Å². The zero-order chi connectivity index (χ0) is 31.0. The highest BCUT2D eigenvalue weighted by Gasteiger charge is 1.94. The van der Waals surface area contributed by atoms with E-state index in [0.29, 0.717) is 0 Å². The summed E-state index contributed by atoms with van der Waals surface area (Å²) in [6.45, 7) is 18.4. The van der Waals surface area contributed by atoms with Crippen LogP contribution in [0.25, 0.3) is 0 Å². The van der Waals surface area contributed by atoms with Gasteiger partial charge in [0, 0.05) is 29.9 Å². The lowest BCUT2D eigenvalue weighted by atomic mass is 10.4. The average Bonchev–Trinajstić information content (AvgIpc) is 2.85. The Labute approximate surface area is 219 Å². The number of hydrogen-bond donors (Lipinski definition) is 9. The van der Waals surface area contributed by atoms with E-state index in [2.05, 4.69) is 33.6 Å². The Morgan fingerprint density at radius 3 is 0.811 bits per heavy atom. The summed E-state index contributed by atoms with van der Waals surface area (Å²) < 4.78 is 5.13. The molecule has 0 fully saturated rings. The van der Waals surface area contributed by atoms with Crippen LogP contribution in [-0.2, 0) is 19.1 Å². The topological polar surface area (TPSA) is 243 Å². The molecule has 0 aliphatic rings. The molecule has 0 atom stereocenters. The van der Waals surface area contributed by atoms with Crippen LogP contribution in [0.15, 0.2) is 36.5 Å². The Bertz CT molecular complexity index is 474. The zero-order valence-electron chi connectivity index (χ0n) is 22.6. The summed E-state index contributed by atoms with van der Waals surface area (Å²) in [5, 5.41) is 71.7. The molecular weight excluding hydrogens is 496 g/mol. The number of ether oxygens (including phenoxy) is 1. The van der Waals surface area contributed by atoms with E-state index in [9.17, 15) is 14.4 Å². The molecular formula is C24H48O13. The predicted octanol–water partition coefficient (Wildman–Crippen LogP) is 0.428. The van der Waals surface area contributed by atoms with Gasteiger partial charge in [-0.3, -0.25) is 0 Å². The van der Waals surface area contributed by atoms with E-state index in [1.54, 1.807) is 0 Å². The maximum absolute atomic E-state index is 9.60. The van der Waals surface area contributed by atoms with Crippen LogP contribution in [0.1, 0.15) is 47.5 Å². The molecule has 0 aromatic heterocycles. The summed E-state index contributed by atoms with van der Waals surface area (Å²) in [6, 6.07) is 0. The first-order valence-electron chi connectivity index (χ1n) is 11.0. The number of hydrogen-bond acceptors (Lipinski definition) is 10. The van der Waals surface area contributed by atoms with Crippen molar-refractivity contribution in [3.63, 3.8) is 0 Å². The van der Waals surface area contributed by atoms with E-state index in [1.165, 1.54) is 20.8 Å². The van der Waals surface area contributed by atoms with Gasteiger partial charge in [0.15, 0.2) is 0 Å². The summed E-state index contributed by atoms with van der Waals surface area (Å²) in [4.78, 5) is 28.8. The number of carboxylic acids is 3. The Kier molecular flexibility index (Phi) is 48.7. The minimum absolute atomic E-state index is 0.176. The van der Waals surface area contributed by atoms with Gasteiger partial charge in [0.05, 0.1) is 26.4 Å². The molecule has 37 heavy (non-hydrogen) atoms. The lowest BCUT2D eigenvalue weighted by Gasteiger charge is -1.96. The third-order valence-corrected chi connectivity index (χ3v) is 2.64. The molecule has 0 saturated heterocycles. The van der Waals surface area contributed by atoms with Crippen LogP contribution < -0.4 is 0 Å². The monoisotopic (exact) mass is 544 g/mol. The fourth-order valence-corrected chi connectivity index (χ4v) is 0.506. The Morgan fingerprint density at radius 2 is 0.757 bits per heavy atom. The van der Waals surface area contributed by atoms with Crippen molar-refractivity contribution in [2.24, 2.45) is 0 Å². The molecule has 13 heteroatoms. The molecule has 0 saturated carbocycles. The molecule has 0 bridgehead atoms. The molecule has 0 radical (unpaired) electrons. The maximum atomic E-state index is 9.60. The number of rotatable bonds is 11. The van der Waals surface area contributed by atoms with Gasteiger partial charge in [0.2, 0.25) is 0 Å². The van der Waals surface area contributed by atoms with Crippen LogP contribution in [0, 0.1) is 0 Å². The van der Waals surface area contributed by atoms with Crippen LogP contribution in [0.4, 0.5) is 0 Å². The lowest BCUT2D eigenvalue weighted by molar-refractivity contribution is -0.133. The molecule has 13 nitrogen and oxygen atoms in total. The van der Waals surface area contributed by atoms with Crippen molar-refractivity contribution in [2.45, 2.75) is 59.7 Å². The molecule has 222 valence electrons. The maximum Gasteiger partial charge on any atom is 0.330 e. The van der Waals surface area contributed by atoms with E-state index in [4.69, 9.17) is 50.7 Å². The SMILES string of the molecule is C=C(C)C(=O)O.C=C(C)C(=O)O.C=C(C)C(=O)O.CCCOCCC.OCC(O)CO.OCC(O)CO. The van der Waals surface area contributed by atoms with E-state index in [-0.39, 0.29) is 43.1 Å². The van der Waals surface area contributed by atoms with Gasteiger partial charge < -0.3 is 50.7 Å². The lowest BCUT2D eigenvalue weighted by Crippen LogP contribution is -2.15. The number of carbonyl (C=O) groups is 3. The molecule has 0 aromatic rings. The van der Waals surface area contributed by atoms with Crippen molar-refractivity contribution >= 4 is 17.9 Å². The fraction of sp³-hybridized carbons (Fsp3) is 0.625. The van der Waals surface area contributed by atoms with Gasteiger partial charge in [0.25, 0.3) is 0 Å². The highest BCUT2D eigenvalue weighted by Crippen LogP contribution is 1.83. The first-order chi connectivity index (χ1) is 17.0. The second kappa shape index (κ2) is 37.9. The first-order valence-corrected chi connectivity index (χ1v) is 11.0. The molecule has 0 aliphatic carbocycles. The second-order valence-electron chi connectivity index (χ2n) is 6.91. The van der Waals surface area contributed by atoms with E-state index >= 15 is 0 Å². The largest absolute Gasteiger partial charge is 0.478 e. The van der Waals surface area contributed by atoms with Gasteiger partial charge in [-0.15, -0.1) is 0 Å². The predicted molar refractivity (Wildman–Crippen MR) is 139 cm³/mol. The second-order valence-corrected chi connectivity index (χ2v) is 6.91. The third-order valence-electron chi connectivity index (χ3n) is 2.64. The van der Waals surface area contributed by atoms with Crippen LogP contribution in [0.3, 0.4) is 0 Å². The zero-order valence-corrected chi connectivity index (χ0v) is 22.6. The normalized spacial score (nSPS) is 8.68. The van der Waals surface area contributed by atoms with E-state index in [1.807, 2.05) is 0 Å². The van der Waals surface area contributed by atoms with Gasteiger partial charge in [0.1, 0.15) is 12.2 Å². The molecule has 0 amide bonds. The quantitative estimate of drug-likeness (QED) is 0.127. The number of aliphatic hydroxyl groups excluding tert-OH is 6. The molecule has 0 aromatic carbocycles. The summed E-state index contributed by atoms with van der Waals surface area (Å²) in [5.41, 5.74) is 0.528. The molecule has 0 spiro atoms. The molecule has 0 rings (SSSR count). The highest BCUT2D eigenvalue weighted by atomic mass is 16.5. The van der Waals surface area contributed by atoms with Crippen LogP contribution in [0.2, 0.25) is 0 Å². The Morgan fingerprint density at radius 1 is 0.595 bits per heavy atom. The molecule has 9 N–H and O–H groups in total. The molecule has 0 unspecified atom stereocenters. The van der Waals surface area contributed by atoms with Gasteiger partial charge in [-0.05, 0) is 33.6 Å². The minimum atomic E-state index is -0.954. The third kappa shape index (κ3) is 71.9. The van der Waals surface area contributed by atoms with Crippen LogP contribution >= 0.6 is 0 Å². The molecule has 0 aliphatic heterocycles. The van der Waals surface area contributed by atoms with Crippen molar-refractivity contribution in [2.75, 3.05) is 39.6 Å². The van der Waals surface area contributed by atoms with Crippen molar-refractivity contribution in [1.29, 1.82) is 0 Å². The number of carboxylic acid groups (broad SMARTS) is 3. The van der Waals surface area contributed by atoms with Crippen molar-refractivity contribution in [3.8, 4) is 0 Å². The molecule has 0 heterocycles. The number of aliphatic carboxylic acids is 3. The fourth-order valence-electron chi connectivity index (χ4n) is 0.506.